The normalized spacial score (nSPS) is 10.3. The largest absolute Gasteiger partial charge is 0.388 e. The van der Waals surface area contributed by atoms with Gasteiger partial charge < -0.3 is 9.88 Å². The number of aromatic nitrogens is 2. The van der Waals surface area contributed by atoms with Crippen LogP contribution in [-0.2, 0) is 6.54 Å². The second-order valence-electron chi connectivity index (χ2n) is 3.36. The molecule has 78 valence electrons. The molecule has 2 rings (SSSR count). The first-order valence-electron chi connectivity index (χ1n) is 5.14. The third-order valence-electron chi connectivity index (χ3n) is 2.49. The molecule has 1 heterocycles. The Hall–Kier alpha value is -1.77. The van der Waals surface area contributed by atoms with Gasteiger partial charge in [0.2, 0.25) is 0 Å². The lowest BCUT2D eigenvalue weighted by Crippen LogP contribution is -1.96. The van der Waals surface area contributed by atoms with Crippen LogP contribution in [0, 0.1) is 0 Å². The van der Waals surface area contributed by atoms with Gasteiger partial charge in [0, 0.05) is 37.2 Å². The smallest absolute Gasteiger partial charge is 0.139 e. The molecule has 0 atom stereocenters. The van der Waals surface area contributed by atoms with E-state index < -0.39 is 0 Å². The van der Waals surface area contributed by atoms with Crippen LogP contribution in [0.4, 0.5) is 5.69 Å². The van der Waals surface area contributed by atoms with Crippen molar-refractivity contribution in [3.05, 3.63) is 36.7 Å². The highest BCUT2D eigenvalue weighted by Gasteiger charge is 2.03. The van der Waals surface area contributed by atoms with Crippen molar-refractivity contribution < 1.29 is 0 Å². The minimum atomic E-state index is 0.948. The van der Waals surface area contributed by atoms with Gasteiger partial charge in [-0.05, 0) is 31.2 Å². The predicted molar refractivity (Wildman–Crippen MR) is 62.9 cm³/mol. The van der Waals surface area contributed by atoms with Crippen molar-refractivity contribution in [1.29, 1.82) is 0 Å². The number of hydrogen-bond acceptors (Lipinski definition) is 2. The summed E-state index contributed by atoms with van der Waals surface area (Å²) in [5.74, 6) is 1.03. The van der Waals surface area contributed by atoms with Gasteiger partial charge in [0.25, 0.3) is 0 Å². The average molecular weight is 201 g/mol. The van der Waals surface area contributed by atoms with E-state index >= 15 is 0 Å². The summed E-state index contributed by atoms with van der Waals surface area (Å²) < 4.78 is 2.13. The maximum Gasteiger partial charge on any atom is 0.139 e. The van der Waals surface area contributed by atoms with Crippen molar-refractivity contribution in [3.63, 3.8) is 0 Å². The summed E-state index contributed by atoms with van der Waals surface area (Å²) in [4.78, 5) is 4.36. The summed E-state index contributed by atoms with van der Waals surface area (Å²) in [6.07, 6.45) is 3.84. The second-order valence-corrected chi connectivity index (χ2v) is 3.36. The highest BCUT2D eigenvalue weighted by Crippen LogP contribution is 2.19. The zero-order chi connectivity index (χ0) is 10.7. The Morgan fingerprint density at radius 2 is 2.00 bits per heavy atom. The van der Waals surface area contributed by atoms with E-state index in [2.05, 4.69) is 46.1 Å². The van der Waals surface area contributed by atoms with Crippen LogP contribution in [0.25, 0.3) is 11.4 Å². The maximum atomic E-state index is 4.36. The fraction of sp³-hybridized carbons (Fsp3) is 0.250. The van der Waals surface area contributed by atoms with Crippen LogP contribution in [0.2, 0.25) is 0 Å². The molecule has 1 aromatic heterocycles. The minimum absolute atomic E-state index is 0.948. The van der Waals surface area contributed by atoms with Gasteiger partial charge in [-0.3, -0.25) is 0 Å². The van der Waals surface area contributed by atoms with E-state index in [1.54, 1.807) is 0 Å². The molecule has 0 unspecified atom stereocenters. The van der Waals surface area contributed by atoms with E-state index in [-0.39, 0.29) is 0 Å². The van der Waals surface area contributed by atoms with Crippen LogP contribution in [0.5, 0.6) is 0 Å². The van der Waals surface area contributed by atoms with E-state index in [9.17, 15) is 0 Å². The molecule has 0 bridgehead atoms. The van der Waals surface area contributed by atoms with Crippen LogP contribution in [-0.4, -0.2) is 16.6 Å². The third kappa shape index (κ3) is 1.86. The first kappa shape index (κ1) is 9.77. The molecule has 0 radical (unpaired) electrons. The van der Waals surface area contributed by atoms with Crippen molar-refractivity contribution >= 4 is 5.69 Å². The molecule has 1 aromatic carbocycles. The van der Waals surface area contributed by atoms with E-state index in [1.165, 1.54) is 0 Å². The maximum absolute atomic E-state index is 4.36. The van der Waals surface area contributed by atoms with E-state index in [1.807, 2.05) is 19.4 Å². The van der Waals surface area contributed by atoms with Crippen molar-refractivity contribution in [3.8, 4) is 11.4 Å². The molecular weight excluding hydrogens is 186 g/mol. The van der Waals surface area contributed by atoms with E-state index in [0.29, 0.717) is 0 Å². The Bertz CT molecular complexity index is 428. The molecule has 0 aliphatic heterocycles. The number of rotatable bonds is 3. The average Bonchev–Trinajstić information content (AvgIpc) is 2.77. The zero-order valence-corrected chi connectivity index (χ0v) is 9.07. The van der Waals surface area contributed by atoms with Crippen molar-refractivity contribution in [2.45, 2.75) is 13.5 Å². The summed E-state index contributed by atoms with van der Waals surface area (Å²) >= 11 is 0. The molecule has 0 saturated heterocycles. The number of benzene rings is 1. The fourth-order valence-corrected chi connectivity index (χ4v) is 1.61. The first-order chi connectivity index (χ1) is 7.35. The van der Waals surface area contributed by atoms with E-state index in [0.717, 1.165) is 23.6 Å². The number of imidazole rings is 1. The van der Waals surface area contributed by atoms with Crippen molar-refractivity contribution in [1.82, 2.24) is 9.55 Å². The standard InChI is InChI=1S/C12H15N3/c1-3-15-9-8-14-12(15)10-4-6-11(13-2)7-5-10/h4-9,13H,3H2,1-2H3. The lowest BCUT2D eigenvalue weighted by atomic mass is 10.2. The number of hydrogen-bond donors (Lipinski definition) is 1. The second kappa shape index (κ2) is 4.17. The molecule has 0 spiro atoms. The molecule has 0 aliphatic rings. The molecule has 3 heteroatoms. The lowest BCUT2D eigenvalue weighted by Gasteiger charge is -2.05. The van der Waals surface area contributed by atoms with Crippen LogP contribution < -0.4 is 5.32 Å². The highest BCUT2D eigenvalue weighted by atomic mass is 15.1. The third-order valence-corrected chi connectivity index (χ3v) is 2.49. The van der Waals surface area contributed by atoms with Crippen molar-refractivity contribution in [2.24, 2.45) is 0 Å². The molecule has 0 saturated carbocycles. The summed E-state index contributed by atoms with van der Waals surface area (Å²) in [6.45, 7) is 3.07. The van der Waals surface area contributed by atoms with Gasteiger partial charge in [0.05, 0.1) is 0 Å². The van der Waals surface area contributed by atoms with E-state index in [4.69, 9.17) is 0 Å². The first-order valence-corrected chi connectivity index (χ1v) is 5.14. The zero-order valence-electron chi connectivity index (χ0n) is 9.07. The van der Waals surface area contributed by atoms with Gasteiger partial charge in [-0.2, -0.15) is 0 Å². The van der Waals surface area contributed by atoms with Crippen LogP contribution in [0.1, 0.15) is 6.92 Å². The summed E-state index contributed by atoms with van der Waals surface area (Å²) in [5.41, 5.74) is 2.27. The number of nitrogens with one attached hydrogen (secondary N) is 1. The quantitative estimate of drug-likeness (QED) is 0.827. The lowest BCUT2D eigenvalue weighted by molar-refractivity contribution is 0.771. The van der Waals surface area contributed by atoms with Crippen LogP contribution in [0.15, 0.2) is 36.7 Å². The predicted octanol–water partition coefficient (Wildman–Crippen LogP) is 2.61. The molecule has 2 aromatic rings. The van der Waals surface area contributed by atoms with Crippen molar-refractivity contribution in [2.75, 3.05) is 12.4 Å². The van der Waals surface area contributed by atoms with Crippen LogP contribution >= 0.6 is 0 Å². The number of anilines is 1. The highest BCUT2D eigenvalue weighted by molar-refractivity contribution is 5.60. The molecular formula is C12H15N3. The summed E-state index contributed by atoms with van der Waals surface area (Å²) in [6, 6.07) is 8.29. The van der Waals surface area contributed by atoms with Gasteiger partial charge in [0.15, 0.2) is 0 Å². The Morgan fingerprint density at radius 3 is 2.60 bits per heavy atom. The van der Waals surface area contributed by atoms with Gasteiger partial charge in [0.1, 0.15) is 5.82 Å². The molecule has 0 aliphatic carbocycles. The molecule has 0 fully saturated rings. The fourth-order valence-electron chi connectivity index (χ4n) is 1.61. The summed E-state index contributed by atoms with van der Waals surface area (Å²) in [5, 5.41) is 3.10. The Morgan fingerprint density at radius 1 is 1.27 bits per heavy atom. The molecule has 0 amide bonds. The molecule has 1 N–H and O–H groups in total. The van der Waals surface area contributed by atoms with Gasteiger partial charge in [-0.1, -0.05) is 0 Å². The SMILES string of the molecule is CCn1ccnc1-c1ccc(NC)cc1. The molecule has 15 heavy (non-hydrogen) atoms. The number of aryl methyl sites for hydroxylation is 1. The minimum Gasteiger partial charge on any atom is -0.388 e. The van der Waals surface area contributed by atoms with Gasteiger partial charge >= 0.3 is 0 Å². The monoisotopic (exact) mass is 201 g/mol. The topological polar surface area (TPSA) is 29.9 Å². The summed E-state index contributed by atoms with van der Waals surface area (Å²) in [7, 11) is 1.92. The van der Waals surface area contributed by atoms with Gasteiger partial charge in [-0.15, -0.1) is 0 Å². The Kier molecular flexibility index (Phi) is 2.72. The Balaban J connectivity index is 2.37. The van der Waals surface area contributed by atoms with Gasteiger partial charge in [-0.25, -0.2) is 4.98 Å². The number of nitrogens with zero attached hydrogens (tertiary/aromatic N) is 2. The molecule has 3 nitrogen and oxygen atoms in total. The van der Waals surface area contributed by atoms with Crippen LogP contribution in [0.3, 0.4) is 0 Å². The Labute approximate surface area is 89.8 Å².